The molecule has 3 aliphatic carbocycles. The molecule has 2 bridgehead atoms. The third kappa shape index (κ3) is 1.77. The van der Waals surface area contributed by atoms with E-state index in [2.05, 4.69) is 28.0 Å². The molecule has 5 unspecified atom stereocenters. The van der Waals surface area contributed by atoms with Gasteiger partial charge in [0.05, 0.1) is 22.0 Å². The number of fused-ring (bicyclic) bond motifs is 5. The predicted molar refractivity (Wildman–Crippen MR) is 81.3 cm³/mol. The Bertz CT molecular complexity index is 525. The standard InChI is InChI=1S/C16H23BrN2O/c1-3-19-11(16(17)8(2)18-19)7-12(20)15-13-9-4-5-10(6-9)14(13)15/h9-10,12-15,20H,3-7H2,1-2H3. The first-order valence-corrected chi connectivity index (χ1v) is 8.81. The van der Waals surface area contributed by atoms with Crippen molar-refractivity contribution in [1.29, 1.82) is 0 Å². The normalized spacial score (nSPS) is 39.1. The monoisotopic (exact) mass is 338 g/mol. The Balaban J connectivity index is 1.50. The van der Waals surface area contributed by atoms with E-state index in [4.69, 9.17) is 0 Å². The first-order valence-electron chi connectivity index (χ1n) is 8.01. The minimum Gasteiger partial charge on any atom is -0.392 e. The van der Waals surface area contributed by atoms with Gasteiger partial charge in [-0.2, -0.15) is 5.10 Å². The number of aliphatic hydroxyl groups excluding tert-OH is 1. The smallest absolute Gasteiger partial charge is 0.0738 e. The minimum atomic E-state index is -0.175. The molecule has 3 fully saturated rings. The molecule has 4 heteroatoms. The number of rotatable bonds is 4. The van der Waals surface area contributed by atoms with Crippen molar-refractivity contribution in [3.63, 3.8) is 0 Å². The Morgan fingerprint density at radius 1 is 1.35 bits per heavy atom. The Morgan fingerprint density at radius 3 is 2.60 bits per heavy atom. The summed E-state index contributed by atoms with van der Waals surface area (Å²) in [4.78, 5) is 0. The average Bonchev–Trinajstić information content (AvgIpc) is 2.73. The lowest BCUT2D eigenvalue weighted by molar-refractivity contribution is 0.126. The summed E-state index contributed by atoms with van der Waals surface area (Å²) in [6, 6.07) is 0. The zero-order valence-electron chi connectivity index (χ0n) is 12.2. The van der Waals surface area contributed by atoms with Crippen molar-refractivity contribution in [2.45, 2.75) is 52.2 Å². The zero-order chi connectivity index (χ0) is 14.0. The zero-order valence-corrected chi connectivity index (χ0v) is 13.8. The summed E-state index contributed by atoms with van der Waals surface area (Å²) in [5.74, 6) is 4.15. The molecule has 3 aliphatic rings. The van der Waals surface area contributed by atoms with Gasteiger partial charge in [0.2, 0.25) is 0 Å². The number of hydrogen-bond acceptors (Lipinski definition) is 2. The fraction of sp³-hybridized carbons (Fsp3) is 0.812. The van der Waals surface area contributed by atoms with Gasteiger partial charge in [-0.25, -0.2) is 0 Å². The van der Waals surface area contributed by atoms with Crippen LogP contribution in [0.4, 0.5) is 0 Å². The molecule has 1 aromatic rings. The SMILES string of the molecule is CCn1nc(C)c(Br)c1CC(O)C1C2C3CCC(C3)C12. The largest absolute Gasteiger partial charge is 0.392 e. The minimum absolute atomic E-state index is 0.175. The predicted octanol–water partition coefficient (Wildman–Crippen LogP) is 3.17. The molecule has 3 saturated carbocycles. The molecule has 5 atom stereocenters. The van der Waals surface area contributed by atoms with E-state index in [9.17, 15) is 5.11 Å². The van der Waals surface area contributed by atoms with Crippen molar-refractivity contribution < 1.29 is 5.11 Å². The molecule has 0 aliphatic heterocycles. The van der Waals surface area contributed by atoms with Crippen molar-refractivity contribution in [2.24, 2.45) is 29.6 Å². The Labute approximate surface area is 128 Å². The molecule has 20 heavy (non-hydrogen) atoms. The molecule has 0 radical (unpaired) electrons. The van der Waals surface area contributed by atoms with Gasteiger partial charge in [-0.3, -0.25) is 4.68 Å². The maximum Gasteiger partial charge on any atom is 0.0738 e. The summed E-state index contributed by atoms with van der Waals surface area (Å²) >= 11 is 3.64. The number of hydrogen-bond donors (Lipinski definition) is 1. The molecule has 0 spiro atoms. The van der Waals surface area contributed by atoms with Crippen LogP contribution in [0.25, 0.3) is 0 Å². The van der Waals surface area contributed by atoms with Gasteiger partial charge in [-0.05, 0) is 78.6 Å². The lowest BCUT2D eigenvalue weighted by atomic mass is 9.96. The van der Waals surface area contributed by atoms with E-state index >= 15 is 0 Å². The van der Waals surface area contributed by atoms with E-state index in [1.54, 1.807) is 0 Å². The average molecular weight is 339 g/mol. The van der Waals surface area contributed by atoms with E-state index in [1.165, 1.54) is 25.0 Å². The van der Waals surface area contributed by atoms with Crippen molar-refractivity contribution in [3.05, 3.63) is 15.9 Å². The highest BCUT2D eigenvalue weighted by atomic mass is 79.9. The van der Waals surface area contributed by atoms with Crippen LogP contribution in [-0.2, 0) is 13.0 Å². The summed E-state index contributed by atoms with van der Waals surface area (Å²) in [6.07, 6.45) is 4.88. The van der Waals surface area contributed by atoms with Crippen LogP contribution >= 0.6 is 15.9 Å². The highest BCUT2D eigenvalue weighted by molar-refractivity contribution is 9.10. The van der Waals surface area contributed by atoms with Crippen molar-refractivity contribution in [3.8, 4) is 0 Å². The van der Waals surface area contributed by atoms with Crippen molar-refractivity contribution >= 4 is 15.9 Å². The quantitative estimate of drug-likeness (QED) is 0.915. The van der Waals surface area contributed by atoms with E-state index < -0.39 is 0 Å². The maximum atomic E-state index is 10.7. The summed E-state index contributed by atoms with van der Waals surface area (Å²) in [5.41, 5.74) is 2.21. The fourth-order valence-corrected chi connectivity index (χ4v) is 5.75. The van der Waals surface area contributed by atoms with Crippen LogP contribution in [0.2, 0.25) is 0 Å². The second kappa shape index (κ2) is 4.57. The Kier molecular flexibility index (Phi) is 3.05. The van der Waals surface area contributed by atoms with Gasteiger partial charge in [0.25, 0.3) is 0 Å². The van der Waals surface area contributed by atoms with Gasteiger partial charge in [0, 0.05) is 13.0 Å². The van der Waals surface area contributed by atoms with Crippen LogP contribution in [0.3, 0.4) is 0 Å². The van der Waals surface area contributed by atoms with Crippen molar-refractivity contribution in [2.75, 3.05) is 0 Å². The molecule has 1 heterocycles. The maximum absolute atomic E-state index is 10.7. The lowest BCUT2D eigenvalue weighted by Gasteiger charge is -2.16. The Morgan fingerprint density at radius 2 is 2.00 bits per heavy atom. The van der Waals surface area contributed by atoms with Crippen molar-refractivity contribution in [1.82, 2.24) is 9.78 Å². The molecule has 0 amide bonds. The molecule has 0 saturated heterocycles. The van der Waals surface area contributed by atoms with Crippen LogP contribution in [0.1, 0.15) is 37.6 Å². The van der Waals surface area contributed by atoms with E-state index in [1.807, 2.05) is 11.6 Å². The van der Waals surface area contributed by atoms with Crippen LogP contribution in [-0.4, -0.2) is 21.0 Å². The molecule has 1 aromatic heterocycles. The second-order valence-electron chi connectivity index (χ2n) is 7.00. The summed E-state index contributed by atoms with van der Waals surface area (Å²) in [6.45, 7) is 5.01. The van der Waals surface area contributed by atoms with Gasteiger partial charge in [0.15, 0.2) is 0 Å². The van der Waals surface area contributed by atoms with Gasteiger partial charge in [0.1, 0.15) is 0 Å². The van der Waals surface area contributed by atoms with E-state index in [0.717, 1.165) is 46.8 Å². The van der Waals surface area contributed by atoms with Gasteiger partial charge < -0.3 is 5.11 Å². The first-order chi connectivity index (χ1) is 9.61. The Hall–Kier alpha value is -0.350. The fourth-order valence-electron chi connectivity index (χ4n) is 5.31. The summed E-state index contributed by atoms with van der Waals surface area (Å²) < 4.78 is 3.13. The number of halogens is 1. The van der Waals surface area contributed by atoms with E-state index in [-0.39, 0.29) is 6.10 Å². The van der Waals surface area contributed by atoms with Crippen LogP contribution in [0, 0.1) is 36.5 Å². The first kappa shape index (κ1) is 13.3. The summed E-state index contributed by atoms with van der Waals surface area (Å²) in [7, 11) is 0. The van der Waals surface area contributed by atoms with E-state index in [0.29, 0.717) is 5.92 Å². The summed E-state index contributed by atoms with van der Waals surface area (Å²) in [5, 5.41) is 15.2. The molecule has 4 rings (SSSR count). The number of aryl methyl sites for hydroxylation is 2. The molecule has 1 N–H and O–H groups in total. The second-order valence-corrected chi connectivity index (χ2v) is 7.79. The van der Waals surface area contributed by atoms with Crippen LogP contribution < -0.4 is 0 Å². The lowest BCUT2D eigenvalue weighted by Crippen LogP contribution is -2.20. The highest BCUT2D eigenvalue weighted by Crippen LogP contribution is 2.70. The van der Waals surface area contributed by atoms with Gasteiger partial charge >= 0.3 is 0 Å². The number of aromatic nitrogens is 2. The van der Waals surface area contributed by atoms with Gasteiger partial charge in [-0.1, -0.05) is 0 Å². The number of nitrogens with zero attached hydrogens (tertiary/aromatic N) is 2. The molecular weight excluding hydrogens is 316 g/mol. The topological polar surface area (TPSA) is 38.0 Å². The molecule has 3 nitrogen and oxygen atoms in total. The number of aliphatic hydroxyl groups is 1. The molecule has 110 valence electrons. The third-order valence-corrected chi connectivity index (χ3v) is 7.13. The highest BCUT2D eigenvalue weighted by Gasteiger charge is 2.66. The van der Waals surface area contributed by atoms with Crippen LogP contribution in [0.15, 0.2) is 4.47 Å². The van der Waals surface area contributed by atoms with Crippen LogP contribution in [0.5, 0.6) is 0 Å². The third-order valence-electron chi connectivity index (χ3n) is 6.09. The molecule has 0 aromatic carbocycles. The molecular formula is C16H23BrN2O. The van der Waals surface area contributed by atoms with Gasteiger partial charge in [-0.15, -0.1) is 0 Å².